The van der Waals surface area contributed by atoms with Gasteiger partial charge in [-0.15, -0.1) is 0 Å². The highest BCUT2D eigenvalue weighted by Crippen LogP contribution is 2.37. The molecule has 13 heteroatoms. The molecule has 220 valence electrons. The number of aromatic nitrogens is 5. The molecule has 0 saturated carbocycles. The monoisotopic (exact) mass is 611 g/mol. The Morgan fingerprint density at radius 1 is 0.932 bits per heavy atom. The number of nitrogens with one attached hydrogen (secondary N) is 1. The Kier molecular flexibility index (Phi) is 6.11. The van der Waals surface area contributed by atoms with Crippen molar-refractivity contribution in [2.75, 3.05) is 24.7 Å². The number of halogens is 2. The third kappa shape index (κ3) is 4.23. The predicted octanol–water partition coefficient (Wildman–Crippen LogP) is 5.08. The zero-order valence-corrected chi connectivity index (χ0v) is 24.4. The molecule has 7 rings (SSSR count). The number of nitrogens with zero attached hydrogens (tertiary/aromatic N) is 6. The molecule has 4 aromatic heterocycles. The molecular weight excluding hydrogens is 588 g/mol. The highest BCUT2D eigenvalue weighted by atomic mass is 32.2. The number of amides is 1. The van der Waals surface area contributed by atoms with Gasteiger partial charge in [0, 0.05) is 30.4 Å². The number of pyridine rings is 1. The number of benzene rings is 3. The topological polar surface area (TPSA) is 114 Å². The first-order chi connectivity index (χ1) is 21.0. The van der Waals surface area contributed by atoms with Crippen LogP contribution in [0.25, 0.3) is 55.3 Å². The summed E-state index contributed by atoms with van der Waals surface area (Å²) in [6.07, 6.45) is 2.69. The summed E-state index contributed by atoms with van der Waals surface area (Å²) < 4.78 is 58.2. The summed E-state index contributed by atoms with van der Waals surface area (Å²) in [5.74, 6) is -1.28. The molecule has 0 aliphatic carbocycles. The molecule has 0 aliphatic heterocycles. The Hall–Kier alpha value is -5.43. The van der Waals surface area contributed by atoms with Crippen LogP contribution >= 0.6 is 0 Å². The van der Waals surface area contributed by atoms with E-state index < -0.39 is 21.7 Å². The van der Waals surface area contributed by atoms with Crippen molar-refractivity contribution in [2.45, 2.75) is 0 Å². The molecule has 0 bridgehead atoms. The average molecular weight is 612 g/mol. The molecule has 1 N–H and O–H groups in total. The van der Waals surface area contributed by atoms with Gasteiger partial charge in [-0.3, -0.25) is 13.5 Å². The van der Waals surface area contributed by atoms with Crippen molar-refractivity contribution in [3.8, 4) is 16.9 Å². The maximum Gasteiger partial charge on any atom is 0.270 e. The normalized spacial score (nSPS) is 12.0. The molecule has 0 fully saturated rings. The van der Waals surface area contributed by atoms with Gasteiger partial charge < -0.3 is 5.32 Å². The lowest BCUT2D eigenvalue weighted by molar-refractivity contribution is 0.0957. The molecule has 0 atom stereocenters. The molecule has 0 radical (unpaired) electrons. The lowest BCUT2D eigenvalue weighted by atomic mass is 10.0. The van der Waals surface area contributed by atoms with Crippen LogP contribution in [0.2, 0.25) is 0 Å². The molecule has 10 nitrogen and oxygen atoms in total. The summed E-state index contributed by atoms with van der Waals surface area (Å²) in [5.41, 5.74) is 4.28. The van der Waals surface area contributed by atoms with E-state index in [4.69, 9.17) is 4.98 Å². The van der Waals surface area contributed by atoms with Crippen LogP contribution in [0, 0.1) is 11.6 Å². The fourth-order valence-corrected chi connectivity index (χ4v) is 5.92. The highest BCUT2D eigenvalue weighted by molar-refractivity contribution is 7.92. The minimum Gasteiger partial charge on any atom is -0.354 e. The van der Waals surface area contributed by atoms with E-state index in [1.54, 1.807) is 53.2 Å². The standard InChI is InChI=1S/C31H23F2N7O3S/c1-34-31(41)30-21-13-20(27(38(2)44(3,42)43)15-25(21)37-40(30)18-9-7-17(32)8-10-18)23-11-12-24-29(36-23)28-14-19-22(33)5-4-6-26(19)39(28)16-35-24/h4-16H,1-3H3,(H,34,41). The van der Waals surface area contributed by atoms with Crippen LogP contribution in [0.1, 0.15) is 10.5 Å². The number of hydrogen-bond acceptors (Lipinski definition) is 6. The van der Waals surface area contributed by atoms with Gasteiger partial charge in [0.1, 0.15) is 29.2 Å². The SMILES string of the molecule is CNC(=O)c1c2cc(-c3ccc4ncn5c6cccc(F)c6cc5c4n3)c(N(C)S(C)(=O)=O)cc2nn1-c1ccc(F)cc1. The van der Waals surface area contributed by atoms with Gasteiger partial charge in [-0.2, -0.15) is 5.10 Å². The third-order valence-corrected chi connectivity index (χ3v) is 8.87. The molecule has 3 aromatic carbocycles. The van der Waals surface area contributed by atoms with E-state index in [0.717, 1.165) is 10.6 Å². The number of rotatable bonds is 5. The fourth-order valence-electron chi connectivity index (χ4n) is 5.41. The van der Waals surface area contributed by atoms with Crippen molar-refractivity contribution in [2.24, 2.45) is 0 Å². The van der Waals surface area contributed by atoms with E-state index in [1.807, 2.05) is 0 Å². The number of hydrogen-bond donors (Lipinski definition) is 1. The molecule has 0 saturated heterocycles. The van der Waals surface area contributed by atoms with Gasteiger partial charge in [-0.05, 0) is 66.7 Å². The minimum atomic E-state index is -3.74. The number of sulfonamides is 1. The summed E-state index contributed by atoms with van der Waals surface area (Å²) in [7, 11) is -0.844. The van der Waals surface area contributed by atoms with Gasteiger partial charge in [-0.25, -0.2) is 31.8 Å². The number of fused-ring (bicyclic) bond motifs is 6. The van der Waals surface area contributed by atoms with Gasteiger partial charge in [-0.1, -0.05) is 6.07 Å². The molecule has 0 aliphatic rings. The second-order valence-electron chi connectivity index (χ2n) is 10.3. The zero-order chi connectivity index (χ0) is 30.9. The molecular formula is C31H23F2N7O3S. The molecule has 0 unspecified atom stereocenters. The van der Waals surface area contributed by atoms with E-state index in [0.29, 0.717) is 55.3 Å². The van der Waals surface area contributed by atoms with E-state index in [-0.39, 0.29) is 17.2 Å². The van der Waals surface area contributed by atoms with Crippen molar-refractivity contribution in [1.29, 1.82) is 0 Å². The lowest BCUT2D eigenvalue weighted by Gasteiger charge is -2.20. The van der Waals surface area contributed by atoms with Crippen LogP contribution in [0.5, 0.6) is 0 Å². The summed E-state index contributed by atoms with van der Waals surface area (Å²) in [6.45, 7) is 0. The van der Waals surface area contributed by atoms with Crippen LogP contribution < -0.4 is 9.62 Å². The highest BCUT2D eigenvalue weighted by Gasteiger charge is 2.25. The van der Waals surface area contributed by atoms with Gasteiger partial charge in [0.05, 0.1) is 45.4 Å². The van der Waals surface area contributed by atoms with Crippen LogP contribution in [-0.4, -0.2) is 58.8 Å². The van der Waals surface area contributed by atoms with E-state index >= 15 is 0 Å². The van der Waals surface area contributed by atoms with Crippen LogP contribution in [0.4, 0.5) is 14.5 Å². The van der Waals surface area contributed by atoms with E-state index in [9.17, 15) is 22.0 Å². The van der Waals surface area contributed by atoms with Gasteiger partial charge in [0.25, 0.3) is 5.91 Å². The van der Waals surface area contributed by atoms with Crippen molar-refractivity contribution in [1.82, 2.24) is 29.5 Å². The second-order valence-corrected chi connectivity index (χ2v) is 12.3. The lowest BCUT2D eigenvalue weighted by Crippen LogP contribution is -2.25. The third-order valence-electron chi connectivity index (χ3n) is 7.67. The first kappa shape index (κ1) is 27.4. The summed E-state index contributed by atoms with van der Waals surface area (Å²) in [6, 6.07) is 18.7. The van der Waals surface area contributed by atoms with E-state index in [1.165, 1.54) is 49.1 Å². The maximum absolute atomic E-state index is 14.7. The fraction of sp³-hybridized carbons (Fsp3) is 0.0968. The Balaban J connectivity index is 1.54. The molecule has 44 heavy (non-hydrogen) atoms. The smallest absolute Gasteiger partial charge is 0.270 e. The van der Waals surface area contributed by atoms with Gasteiger partial charge >= 0.3 is 0 Å². The molecule has 1 amide bonds. The number of carbonyl (C=O) groups is 1. The summed E-state index contributed by atoms with van der Waals surface area (Å²) in [5, 5.41) is 8.07. The Morgan fingerprint density at radius 3 is 2.43 bits per heavy atom. The number of carbonyl (C=O) groups excluding carboxylic acids is 1. The van der Waals surface area contributed by atoms with Crippen LogP contribution in [0.15, 0.2) is 79.1 Å². The van der Waals surface area contributed by atoms with Crippen molar-refractivity contribution in [3.63, 3.8) is 0 Å². The molecule has 0 spiro atoms. The van der Waals surface area contributed by atoms with Crippen LogP contribution in [-0.2, 0) is 10.0 Å². The minimum absolute atomic E-state index is 0.169. The quantitative estimate of drug-likeness (QED) is 0.291. The number of anilines is 1. The first-order valence-electron chi connectivity index (χ1n) is 13.4. The Morgan fingerprint density at radius 2 is 1.70 bits per heavy atom. The second kappa shape index (κ2) is 9.81. The molecule has 7 aromatic rings. The molecule has 4 heterocycles. The van der Waals surface area contributed by atoms with Crippen molar-refractivity contribution < 1.29 is 22.0 Å². The first-order valence-corrected chi connectivity index (χ1v) is 15.2. The average Bonchev–Trinajstić information content (AvgIpc) is 3.59. The van der Waals surface area contributed by atoms with Crippen molar-refractivity contribution >= 4 is 60.0 Å². The summed E-state index contributed by atoms with van der Waals surface area (Å²) in [4.78, 5) is 22.6. The Bertz CT molecular complexity index is 2420. The zero-order valence-electron chi connectivity index (χ0n) is 23.6. The van der Waals surface area contributed by atoms with Crippen molar-refractivity contribution in [3.05, 3.63) is 96.5 Å². The Labute approximate surface area is 249 Å². The largest absolute Gasteiger partial charge is 0.354 e. The van der Waals surface area contributed by atoms with E-state index in [2.05, 4.69) is 15.4 Å². The van der Waals surface area contributed by atoms with Crippen LogP contribution in [0.3, 0.4) is 0 Å². The maximum atomic E-state index is 14.7. The van der Waals surface area contributed by atoms with Gasteiger partial charge in [0.2, 0.25) is 10.0 Å². The van der Waals surface area contributed by atoms with Gasteiger partial charge in [0.15, 0.2) is 0 Å². The summed E-state index contributed by atoms with van der Waals surface area (Å²) >= 11 is 0. The predicted molar refractivity (Wildman–Crippen MR) is 165 cm³/mol.